The van der Waals surface area contributed by atoms with Gasteiger partial charge in [-0.1, -0.05) is 19.4 Å². The Morgan fingerprint density at radius 3 is 2.52 bits per heavy atom. The highest BCUT2D eigenvalue weighted by atomic mass is 32.2. The maximum Gasteiger partial charge on any atom is 0.335 e. The average molecular weight is 314 g/mol. The molecule has 0 spiro atoms. The van der Waals surface area contributed by atoms with Gasteiger partial charge in [0.05, 0.1) is 17.0 Å². The standard InChI is InChI=1S/C13H18N2O5S/c1-2-3-7-15(9-12(14)16)21(19,20)11-6-4-5-10(8-11)13(17)18/h4-6,8H,2-3,7,9H2,1H3,(H2,14,16)(H,17,18). The lowest BCUT2D eigenvalue weighted by molar-refractivity contribution is -0.118. The molecule has 1 amide bonds. The summed E-state index contributed by atoms with van der Waals surface area (Å²) in [4.78, 5) is 21.8. The van der Waals surface area contributed by atoms with Crippen molar-refractivity contribution < 1.29 is 23.1 Å². The minimum Gasteiger partial charge on any atom is -0.478 e. The molecule has 0 atom stereocenters. The summed E-state index contributed by atoms with van der Waals surface area (Å²) < 4.78 is 25.9. The van der Waals surface area contributed by atoms with E-state index in [1.54, 1.807) is 0 Å². The number of sulfonamides is 1. The van der Waals surface area contributed by atoms with Gasteiger partial charge in [-0.15, -0.1) is 0 Å². The molecule has 0 aliphatic carbocycles. The van der Waals surface area contributed by atoms with Crippen molar-refractivity contribution in [3.05, 3.63) is 29.8 Å². The summed E-state index contributed by atoms with van der Waals surface area (Å²) in [6, 6.07) is 5.00. The number of hydrogen-bond donors (Lipinski definition) is 2. The summed E-state index contributed by atoms with van der Waals surface area (Å²) in [7, 11) is -3.96. The minimum atomic E-state index is -3.96. The second kappa shape index (κ2) is 7.19. The molecule has 21 heavy (non-hydrogen) atoms. The van der Waals surface area contributed by atoms with E-state index < -0.39 is 28.4 Å². The number of carboxylic acid groups (broad SMARTS) is 1. The topological polar surface area (TPSA) is 118 Å². The number of hydrogen-bond acceptors (Lipinski definition) is 4. The fraction of sp³-hybridized carbons (Fsp3) is 0.385. The van der Waals surface area contributed by atoms with Gasteiger partial charge in [-0.05, 0) is 24.6 Å². The Labute approximate surface area is 123 Å². The number of amides is 1. The van der Waals surface area contributed by atoms with Crippen LogP contribution in [0.1, 0.15) is 30.1 Å². The van der Waals surface area contributed by atoms with Gasteiger partial charge in [0.1, 0.15) is 0 Å². The van der Waals surface area contributed by atoms with Crippen molar-refractivity contribution >= 4 is 21.9 Å². The quantitative estimate of drug-likeness (QED) is 0.731. The Bertz CT molecular complexity index is 627. The third-order valence-corrected chi connectivity index (χ3v) is 4.65. The van der Waals surface area contributed by atoms with Crippen LogP contribution in [0.25, 0.3) is 0 Å². The highest BCUT2D eigenvalue weighted by Gasteiger charge is 2.26. The van der Waals surface area contributed by atoms with Crippen LogP contribution in [0.5, 0.6) is 0 Å². The van der Waals surface area contributed by atoms with Gasteiger partial charge in [-0.3, -0.25) is 4.79 Å². The molecule has 1 aromatic rings. The molecule has 1 rings (SSSR count). The van der Waals surface area contributed by atoms with E-state index in [1.165, 1.54) is 18.2 Å². The Hall–Kier alpha value is -1.93. The smallest absolute Gasteiger partial charge is 0.335 e. The number of carboxylic acids is 1. The van der Waals surface area contributed by atoms with Gasteiger partial charge >= 0.3 is 5.97 Å². The minimum absolute atomic E-state index is 0.134. The van der Waals surface area contributed by atoms with Gasteiger partial charge < -0.3 is 10.8 Å². The number of nitrogens with two attached hydrogens (primary N) is 1. The van der Waals surface area contributed by atoms with Crippen LogP contribution in [-0.2, 0) is 14.8 Å². The maximum absolute atomic E-state index is 12.5. The molecule has 0 heterocycles. The number of carbonyl (C=O) groups is 2. The largest absolute Gasteiger partial charge is 0.478 e. The third kappa shape index (κ3) is 4.54. The third-order valence-electron chi connectivity index (χ3n) is 2.81. The number of aromatic carboxylic acids is 1. The van der Waals surface area contributed by atoms with Crippen molar-refractivity contribution in [3.63, 3.8) is 0 Å². The highest BCUT2D eigenvalue weighted by Crippen LogP contribution is 2.17. The first-order chi connectivity index (χ1) is 9.78. The zero-order valence-corrected chi connectivity index (χ0v) is 12.5. The molecule has 0 aliphatic rings. The Morgan fingerprint density at radius 2 is 2.00 bits per heavy atom. The average Bonchev–Trinajstić information content (AvgIpc) is 2.43. The summed E-state index contributed by atoms with van der Waals surface area (Å²) in [5.74, 6) is -1.98. The van der Waals surface area contributed by atoms with Crippen LogP contribution >= 0.6 is 0 Å². The molecule has 3 N–H and O–H groups in total. The van der Waals surface area contributed by atoms with Gasteiger partial charge in [0.15, 0.2) is 0 Å². The lowest BCUT2D eigenvalue weighted by Crippen LogP contribution is -2.39. The Kier molecular flexibility index (Phi) is 5.86. The molecule has 0 saturated heterocycles. The normalized spacial score (nSPS) is 11.5. The molecule has 116 valence electrons. The predicted molar refractivity (Wildman–Crippen MR) is 76.3 cm³/mol. The molecule has 0 fully saturated rings. The number of primary amides is 1. The summed E-state index contributed by atoms with van der Waals surface area (Å²) in [6.45, 7) is 1.61. The second-order valence-electron chi connectivity index (χ2n) is 4.49. The first-order valence-corrected chi connectivity index (χ1v) is 7.85. The Morgan fingerprint density at radius 1 is 1.33 bits per heavy atom. The van der Waals surface area contributed by atoms with Gasteiger partial charge in [0.25, 0.3) is 0 Å². The van der Waals surface area contributed by atoms with Crippen molar-refractivity contribution in [1.82, 2.24) is 4.31 Å². The van der Waals surface area contributed by atoms with Gasteiger partial charge in [0, 0.05) is 6.54 Å². The van der Waals surface area contributed by atoms with E-state index in [1.807, 2.05) is 6.92 Å². The molecular weight excluding hydrogens is 296 g/mol. The molecule has 0 aromatic heterocycles. The van der Waals surface area contributed by atoms with Gasteiger partial charge in [-0.2, -0.15) is 4.31 Å². The van der Waals surface area contributed by atoms with Gasteiger partial charge in [-0.25, -0.2) is 13.2 Å². The monoisotopic (exact) mass is 314 g/mol. The zero-order chi connectivity index (χ0) is 16.0. The molecule has 0 aliphatic heterocycles. The van der Waals surface area contributed by atoms with Crippen LogP contribution < -0.4 is 5.73 Å². The summed E-state index contributed by atoms with van der Waals surface area (Å²) >= 11 is 0. The zero-order valence-electron chi connectivity index (χ0n) is 11.7. The van der Waals surface area contributed by atoms with Crippen molar-refractivity contribution in [1.29, 1.82) is 0 Å². The van der Waals surface area contributed by atoms with Crippen molar-refractivity contribution in [2.75, 3.05) is 13.1 Å². The number of benzene rings is 1. The lowest BCUT2D eigenvalue weighted by Gasteiger charge is -2.20. The fourth-order valence-electron chi connectivity index (χ4n) is 1.73. The molecule has 1 aromatic carbocycles. The van der Waals surface area contributed by atoms with E-state index in [-0.39, 0.29) is 17.0 Å². The van der Waals surface area contributed by atoms with E-state index in [2.05, 4.69) is 0 Å². The molecule has 7 nitrogen and oxygen atoms in total. The van der Waals surface area contributed by atoms with E-state index >= 15 is 0 Å². The molecule has 8 heteroatoms. The Balaban J connectivity index is 3.17. The maximum atomic E-state index is 12.5. The molecular formula is C13H18N2O5S. The number of rotatable bonds is 8. The van der Waals surface area contributed by atoms with E-state index in [0.29, 0.717) is 6.42 Å². The molecule has 0 radical (unpaired) electrons. The van der Waals surface area contributed by atoms with Crippen molar-refractivity contribution in [2.45, 2.75) is 24.7 Å². The van der Waals surface area contributed by atoms with Crippen LogP contribution in [0.3, 0.4) is 0 Å². The number of unbranched alkanes of at least 4 members (excludes halogenated alkanes) is 1. The second-order valence-corrected chi connectivity index (χ2v) is 6.43. The molecule has 0 saturated carbocycles. The predicted octanol–water partition coefficient (Wildman–Crippen LogP) is 0.661. The lowest BCUT2D eigenvalue weighted by atomic mass is 10.2. The summed E-state index contributed by atoms with van der Waals surface area (Å²) in [6.07, 6.45) is 1.32. The highest BCUT2D eigenvalue weighted by molar-refractivity contribution is 7.89. The summed E-state index contributed by atoms with van der Waals surface area (Å²) in [5, 5.41) is 8.92. The first-order valence-electron chi connectivity index (χ1n) is 6.41. The first kappa shape index (κ1) is 17.1. The van der Waals surface area contributed by atoms with E-state index in [4.69, 9.17) is 10.8 Å². The molecule has 0 bridgehead atoms. The van der Waals surface area contributed by atoms with Crippen LogP contribution in [0.4, 0.5) is 0 Å². The summed E-state index contributed by atoms with van der Waals surface area (Å²) in [5.41, 5.74) is 4.95. The van der Waals surface area contributed by atoms with Gasteiger partial charge in [0.2, 0.25) is 15.9 Å². The number of carbonyl (C=O) groups excluding carboxylic acids is 1. The van der Waals surface area contributed by atoms with E-state index in [9.17, 15) is 18.0 Å². The van der Waals surface area contributed by atoms with Crippen LogP contribution in [-0.4, -0.2) is 42.8 Å². The SMILES string of the molecule is CCCCN(CC(N)=O)S(=O)(=O)c1cccc(C(=O)O)c1. The van der Waals surface area contributed by atoms with Crippen LogP contribution in [0.2, 0.25) is 0 Å². The fourth-order valence-corrected chi connectivity index (χ4v) is 3.22. The van der Waals surface area contributed by atoms with E-state index in [0.717, 1.165) is 16.8 Å². The van der Waals surface area contributed by atoms with Crippen molar-refractivity contribution in [3.8, 4) is 0 Å². The number of nitrogens with zero attached hydrogens (tertiary/aromatic N) is 1. The van der Waals surface area contributed by atoms with Crippen LogP contribution in [0.15, 0.2) is 29.2 Å². The van der Waals surface area contributed by atoms with Crippen LogP contribution in [0, 0.1) is 0 Å². The molecule has 0 unspecified atom stereocenters. The van der Waals surface area contributed by atoms with Crippen molar-refractivity contribution in [2.24, 2.45) is 5.73 Å².